The fourth-order valence-electron chi connectivity index (χ4n) is 3.01. The lowest BCUT2D eigenvalue weighted by atomic mass is 10.0. The summed E-state index contributed by atoms with van der Waals surface area (Å²) in [7, 11) is 0. The van der Waals surface area contributed by atoms with E-state index in [0.29, 0.717) is 6.42 Å². The molecule has 1 unspecified atom stereocenters. The predicted octanol–water partition coefficient (Wildman–Crippen LogP) is 2.98. The summed E-state index contributed by atoms with van der Waals surface area (Å²) in [5.41, 5.74) is 8.52. The molecule has 2 aromatic rings. The van der Waals surface area contributed by atoms with Gasteiger partial charge in [-0.3, -0.25) is 4.79 Å². The van der Waals surface area contributed by atoms with Gasteiger partial charge in [-0.25, -0.2) is 0 Å². The van der Waals surface area contributed by atoms with Crippen LogP contribution in [0.3, 0.4) is 0 Å². The fraction of sp³-hybridized carbons (Fsp3) is 0.353. The molecule has 2 atom stereocenters. The third-order valence-corrected chi connectivity index (χ3v) is 4.78. The van der Waals surface area contributed by atoms with Crippen molar-refractivity contribution in [2.45, 2.75) is 31.3 Å². The topological polar surface area (TPSA) is 46.3 Å². The van der Waals surface area contributed by atoms with Crippen LogP contribution >= 0.6 is 11.3 Å². The van der Waals surface area contributed by atoms with Crippen LogP contribution in [0.25, 0.3) is 0 Å². The number of nitrogens with two attached hydrogens (primary N) is 1. The number of hydrogen-bond donors (Lipinski definition) is 1. The molecule has 0 bridgehead atoms. The normalized spacial score (nSPS) is 19.7. The van der Waals surface area contributed by atoms with Gasteiger partial charge in [0.15, 0.2) is 0 Å². The smallest absolute Gasteiger partial charge is 0.240 e. The van der Waals surface area contributed by atoms with E-state index in [2.05, 4.69) is 16.8 Å². The first-order valence-corrected chi connectivity index (χ1v) is 8.32. The molecule has 0 radical (unpaired) electrons. The standard InChI is InChI=1S/C17H20N2OS/c18-15(11-13-5-2-1-3-6-13)17(20)19-9-4-7-16(19)14-8-10-21-12-14/h1-3,5-6,8,10,12,15-16H,4,7,9,11,18H2/t15-,16?/m1/s1. The highest BCUT2D eigenvalue weighted by molar-refractivity contribution is 7.07. The Kier molecular flexibility index (Phi) is 4.36. The highest BCUT2D eigenvalue weighted by Crippen LogP contribution is 2.33. The highest BCUT2D eigenvalue weighted by Gasteiger charge is 2.32. The minimum absolute atomic E-state index is 0.0764. The van der Waals surface area contributed by atoms with Crippen LogP contribution in [0.2, 0.25) is 0 Å². The predicted molar refractivity (Wildman–Crippen MR) is 86.1 cm³/mol. The van der Waals surface area contributed by atoms with Crippen LogP contribution in [0.15, 0.2) is 47.2 Å². The van der Waals surface area contributed by atoms with E-state index in [1.165, 1.54) is 5.56 Å². The second kappa shape index (κ2) is 6.41. The zero-order valence-electron chi connectivity index (χ0n) is 11.9. The molecule has 2 heterocycles. The van der Waals surface area contributed by atoms with Gasteiger partial charge in [-0.1, -0.05) is 30.3 Å². The maximum Gasteiger partial charge on any atom is 0.240 e. The van der Waals surface area contributed by atoms with Crippen LogP contribution in [-0.4, -0.2) is 23.4 Å². The lowest BCUT2D eigenvalue weighted by molar-refractivity contribution is -0.133. The first-order valence-electron chi connectivity index (χ1n) is 7.38. The number of carbonyl (C=O) groups is 1. The van der Waals surface area contributed by atoms with E-state index in [4.69, 9.17) is 5.73 Å². The maximum absolute atomic E-state index is 12.7. The Labute approximate surface area is 129 Å². The Morgan fingerprint density at radius 1 is 1.33 bits per heavy atom. The van der Waals surface area contributed by atoms with Crippen molar-refractivity contribution in [1.29, 1.82) is 0 Å². The first-order chi connectivity index (χ1) is 10.3. The van der Waals surface area contributed by atoms with Crippen molar-refractivity contribution in [2.24, 2.45) is 5.73 Å². The molecule has 1 aromatic carbocycles. The Balaban J connectivity index is 1.69. The molecule has 0 aliphatic carbocycles. The molecule has 21 heavy (non-hydrogen) atoms. The van der Waals surface area contributed by atoms with Gasteiger partial charge in [-0.05, 0) is 47.2 Å². The number of hydrogen-bond acceptors (Lipinski definition) is 3. The van der Waals surface area contributed by atoms with Gasteiger partial charge in [0.2, 0.25) is 5.91 Å². The number of nitrogens with zero attached hydrogens (tertiary/aromatic N) is 1. The zero-order valence-corrected chi connectivity index (χ0v) is 12.8. The van der Waals surface area contributed by atoms with Gasteiger partial charge in [0, 0.05) is 6.54 Å². The lowest BCUT2D eigenvalue weighted by Crippen LogP contribution is -2.44. The van der Waals surface area contributed by atoms with Gasteiger partial charge < -0.3 is 10.6 Å². The van der Waals surface area contributed by atoms with Crippen molar-refractivity contribution in [2.75, 3.05) is 6.54 Å². The van der Waals surface area contributed by atoms with E-state index >= 15 is 0 Å². The Morgan fingerprint density at radius 3 is 2.86 bits per heavy atom. The quantitative estimate of drug-likeness (QED) is 0.943. The van der Waals surface area contributed by atoms with Crippen LogP contribution in [0.1, 0.15) is 30.0 Å². The molecule has 3 nitrogen and oxygen atoms in total. The number of rotatable bonds is 4. The molecule has 3 rings (SSSR count). The third kappa shape index (κ3) is 3.17. The summed E-state index contributed by atoms with van der Waals surface area (Å²) in [6.45, 7) is 0.821. The number of likely N-dealkylation sites (tertiary alicyclic amines) is 1. The largest absolute Gasteiger partial charge is 0.334 e. The van der Waals surface area contributed by atoms with Crippen LogP contribution in [0.5, 0.6) is 0 Å². The van der Waals surface area contributed by atoms with Gasteiger partial charge in [-0.2, -0.15) is 11.3 Å². The molecule has 110 valence electrons. The Bertz CT molecular complexity index is 582. The van der Waals surface area contributed by atoms with Crippen LogP contribution in [0.4, 0.5) is 0 Å². The summed E-state index contributed by atoms with van der Waals surface area (Å²) in [6.07, 6.45) is 2.71. The first kappa shape index (κ1) is 14.3. The van der Waals surface area contributed by atoms with Crippen molar-refractivity contribution in [3.8, 4) is 0 Å². The summed E-state index contributed by atoms with van der Waals surface area (Å²) in [4.78, 5) is 14.6. The van der Waals surface area contributed by atoms with Gasteiger partial charge >= 0.3 is 0 Å². The third-order valence-electron chi connectivity index (χ3n) is 4.08. The summed E-state index contributed by atoms with van der Waals surface area (Å²) in [5, 5.41) is 4.21. The second-order valence-corrected chi connectivity index (χ2v) is 6.32. The average Bonchev–Trinajstić information content (AvgIpc) is 3.18. The van der Waals surface area contributed by atoms with E-state index in [1.807, 2.05) is 35.2 Å². The maximum atomic E-state index is 12.7. The lowest BCUT2D eigenvalue weighted by Gasteiger charge is -2.27. The van der Waals surface area contributed by atoms with E-state index in [0.717, 1.165) is 24.9 Å². The Hall–Kier alpha value is -1.65. The minimum atomic E-state index is -0.452. The molecule has 1 aromatic heterocycles. The van der Waals surface area contributed by atoms with Crippen molar-refractivity contribution in [3.05, 3.63) is 58.3 Å². The molecule has 2 N–H and O–H groups in total. The summed E-state index contributed by atoms with van der Waals surface area (Å²) in [5.74, 6) is 0.0764. The number of benzene rings is 1. The molecule has 1 aliphatic heterocycles. The molecule has 1 saturated heterocycles. The molecule has 4 heteroatoms. The highest BCUT2D eigenvalue weighted by atomic mass is 32.1. The number of amides is 1. The monoisotopic (exact) mass is 300 g/mol. The molecule has 1 aliphatic rings. The van der Waals surface area contributed by atoms with Crippen molar-refractivity contribution < 1.29 is 4.79 Å². The second-order valence-electron chi connectivity index (χ2n) is 5.54. The summed E-state index contributed by atoms with van der Waals surface area (Å²) < 4.78 is 0. The summed E-state index contributed by atoms with van der Waals surface area (Å²) >= 11 is 1.68. The van der Waals surface area contributed by atoms with E-state index in [-0.39, 0.29) is 11.9 Å². The van der Waals surface area contributed by atoms with Gasteiger partial charge in [-0.15, -0.1) is 0 Å². The van der Waals surface area contributed by atoms with E-state index in [1.54, 1.807) is 11.3 Å². The SMILES string of the molecule is N[C@H](Cc1ccccc1)C(=O)N1CCCC1c1ccsc1. The van der Waals surface area contributed by atoms with Gasteiger partial charge in [0.25, 0.3) is 0 Å². The van der Waals surface area contributed by atoms with Crippen molar-refractivity contribution in [3.63, 3.8) is 0 Å². The van der Waals surface area contributed by atoms with Gasteiger partial charge in [0.1, 0.15) is 0 Å². The van der Waals surface area contributed by atoms with E-state index in [9.17, 15) is 4.79 Å². The molecule has 1 amide bonds. The molecular formula is C17H20N2OS. The van der Waals surface area contributed by atoms with Gasteiger partial charge in [0.05, 0.1) is 12.1 Å². The zero-order chi connectivity index (χ0) is 14.7. The van der Waals surface area contributed by atoms with E-state index < -0.39 is 6.04 Å². The molecule has 0 saturated carbocycles. The molecular weight excluding hydrogens is 280 g/mol. The molecule has 1 fully saturated rings. The van der Waals surface area contributed by atoms with Crippen molar-refractivity contribution in [1.82, 2.24) is 4.90 Å². The Morgan fingerprint density at radius 2 is 2.14 bits per heavy atom. The summed E-state index contributed by atoms with van der Waals surface area (Å²) in [6, 6.07) is 11.9. The van der Waals surface area contributed by atoms with Crippen LogP contribution in [0, 0.1) is 0 Å². The van der Waals surface area contributed by atoms with Crippen LogP contribution in [-0.2, 0) is 11.2 Å². The van der Waals surface area contributed by atoms with Crippen LogP contribution < -0.4 is 5.73 Å². The number of carbonyl (C=O) groups excluding carboxylic acids is 1. The van der Waals surface area contributed by atoms with Crippen molar-refractivity contribution >= 4 is 17.2 Å². The molecule has 0 spiro atoms. The fourth-order valence-corrected chi connectivity index (χ4v) is 3.72. The average molecular weight is 300 g/mol. The number of thiophene rings is 1. The minimum Gasteiger partial charge on any atom is -0.334 e.